The molecule has 166 valence electrons. The maximum atomic E-state index is 9.93. The number of hydrogen-bond donors (Lipinski definition) is 2. The Balaban J connectivity index is 0. The van der Waals surface area contributed by atoms with E-state index >= 15 is 0 Å². The lowest BCUT2D eigenvalue weighted by atomic mass is 9.98. The van der Waals surface area contributed by atoms with E-state index in [9.17, 15) is 10.2 Å². The van der Waals surface area contributed by atoms with Gasteiger partial charge in [0.05, 0.1) is 12.2 Å². The topological polar surface area (TPSA) is 40.5 Å². The molecule has 1 fully saturated rings. The van der Waals surface area contributed by atoms with Crippen LogP contribution in [0.5, 0.6) is 0 Å². The molecule has 28 heavy (non-hydrogen) atoms. The van der Waals surface area contributed by atoms with E-state index < -0.39 is 0 Å². The van der Waals surface area contributed by atoms with Gasteiger partial charge in [0.15, 0.2) is 0 Å². The van der Waals surface area contributed by atoms with Crippen LogP contribution in [0.4, 0.5) is 0 Å². The summed E-state index contributed by atoms with van der Waals surface area (Å²) in [6.07, 6.45) is 6.32. The zero-order valence-electron chi connectivity index (χ0n) is 20.2. The van der Waals surface area contributed by atoms with Crippen LogP contribution >= 0.6 is 7.92 Å². The van der Waals surface area contributed by atoms with Gasteiger partial charge in [-0.25, -0.2) is 0 Å². The van der Waals surface area contributed by atoms with Crippen molar-refractivity contribution in [2.24, 2.45) is 5.92 Å². The van der Waals surface area contributed by atoms with Crippen molar-refractivity contribution in [1.82, 2.24) is 0 Å². The minimum Gasteiger partial charge on any atom is -0.393 e. The van der Waals surface area contributed by atoms with Gasteiger partial charge in [0.25, 0.3) is 0 Å². The average Bonchev–Trinajstić information content (AvgIpc) is 3.11. The largest absolute Gasteiger partial charge is 0.393 e. The zero-order chi connectivity index (χ0) is 22.1. The summed E-state index contributed by atoms with van der Waals surface area (Å²) >= 11 is 0. The molecule has 3 heteroatoms. The minimum atomic E-state index is -0.114. The fraction of sp³-hybridized carbons (Fsp3) is 0.760. The first-order valence-corrected chi connectivity index (χ1v) is 13.2. The number of hydrogen-bond acceptors (Lipinski definition) is 2. The molecule has 2 nitrogen and oxygen atoms in total. The van der Waals surface area contributed by atoms with E-state index in [4.69, 9.17) is 0 Å². The maximum absolute atomic E-state index is 9.93. The molecule has 2 rings (SSSR count). The molecule has 0 saturated carbocycles. The van der Waals surface area contributed by atoms with Crippen molar-refractivity contribution in [2.45, 2.75) is 112 Å². The van der Waals surface area contributed by atoms with E-state index in [1.807, 2.05) is 27.7 Å². The van der Waals surface area contributed by atoms with E-state index in [1.54, 1.807) is 0 Å². The lowest BCUT2D eigenvalue weighted by Gasteiger charge is -2.22. The SMILES string of the molecule is CC.CC.CCC1C(O)CCP1c1ccccc1C.CCCC(O)C(C)CC. The number of benzene rings is 1. The third-order valence-corrected chi connectivity index (χ3v) is 8.61. The highest BCUT2D eigenvalue weighted by Gasteiger charge is 2.34. The van der Waals surface area contributed by atoms with Crippen molar-refractivity contribution in [3.63, 3.8) is 0 Å². The molecule has 0 spiro atoms. The summed E-state index contributed by atoms with van der Waals surface area (Å²) in [6.45, 7) is 18.7. The fourth-order valence-electron chi connectivity index (χ4n) is 3.37. The van der Waals surface area contributed by atoms with Gasteiger partial charge in [-0.2, -0.15) is 0 Å². The second-order valence-electron chi connectivity index (χ2n) is 7.05. The number of aliphatic hydroxyl groups is 2. The highest BCUT2D eigenvalue weighted by Crippen LogP contribution is 2.50. The third-order valence-electron chi connectivity index (χ3n) is 5.24. The van der Waals surface area contributed by atoms with Crippen LogP contribution in [-0.2, 0) is 0 Å². The standard InChI is InChI=1S/C13H19OP.C8H18O.2C2H6/c1-3-12-11(14)8-9-15(12)13-7-5-4-6-10(13)2;1-4-6-8(9)7(3)5-2;2*1-2/h4-7,11-12,14H,3,8-9H2,1-2H3;7-9H,4-6H2,1-3H3;2*1-2H3. The van der Waals surface area contributed by atoms with Crippen LogP contribution in [-0.4, -0.2) is 34.2 Å². The molecule has 1 aliphatic heterocycles. The van der Waals surface area contributed by atoms with Crippen molar-refractivity contribution in [3.8, 4) is 0 Å². The van der Waals surface area contributed by atoms with Crippen LogP contribution in [0.3, 0.4) is 0 Å². The summed E-state index contributed by atoms with van der Waals surface area (Å²) in [5, 5.41) is 20.8. The van der Waals surface area contributed by atoms with Crippen LogP contribution in [0.15, 0.2) is 24.3 Å². The number of aliphatic hydroxyl groups excluding tert-OH is 2. The fourth-order valence-corrected chi connectivity index (χ4v) is 6.65. The predicted octanol–water partition coefficient (Wildman–Crippen LogP) is 6.89. The second-order valence-corrected chi connectivity index (χ2v) is 9.58. The predicted molar refractivity (Wildman–Crippen MR) is 130 cm³/mol. The lowest BCUT2D eigenvalue weighted by molar-refractivity contribution is 0.105. The normalized spacial score (nSPS) is 22.5. The molecule has 1 aromatic rings. The summed E-state index contributed by atoms with van der Waals surface area (Å²) in [6, 6.07) is 8.67. The molecule has 0 amide bonds. The monoisotopic (exact) mass is 412 g/mol. The van der Waals surface area contributed by atoms with Crippen LogP contribution < -0.4 is 5.30 Å². The Kier molecular flexibility index (Phi) is 19.8. The van der Waals surface area contributed by atoms with Gasteiger partial charge in [0.1, 0.15) is 0 Å². The summed E-state index contributed by atoms with van der Waals surface area (Å²) < 4.78 is 0. The van der Waals surface area contributed by atoms with Gasteiger partial charge in [-0.15, -0.1) is 0 Å². The Morgan fingerprint density at radius 3 is 2.11 bits per heavy atom. The molecular weight excluding hydrogens is 363 g/mol. The first-order valence-electron chi connectivity index (χ1n) is 11.6. The van der Waals surface area contributed by atoms with Crippen molar-refractivity contribution in [3.05, 3.63) is 29.8 Å². The minimum absolute atomic E-state index is 0.0549. The van der Waals surface area contributed by atoms with Crippen LogP contribution in [0, 0.1) is 12.8 Å². The first kappa shape index (κ1) is 29.8. The van der Waals surface area contributed by atoms with Gasteiger partial charge in [0.2, 0.25) is 0 Å². The van der Waals surface area contributed by atoms with Gasteiger partial charge in [-0.05, 0) is 49.1 Å². The molecule has 1 saturated heterocycles. The summed E-state index contributed by atoms with van der Waals surface area (Å²) in [4.78, 5) is 0. The lowest BCUT2D eigenvalue weighted by Crippen LogP contribution is -2.20. The molecule has 0 bridgehead atoms. The molecule has 0 radical (unpaired) electrons. The average molecular weight is 413 g/mol. The zero-order valence-corrected chi connectivity index (χ0v) is 21.1. The van der Waals surface area contributed by atoms with Crippen molar-refractivity contribution in [2.75, 3.05) is 6.16 Å². The van der Waals surface area contributed by atoms with Crippen molar-refractivity contribution in [1.29, 1.82) is 0 Å². The maximum Gasteiger partial charge on any atom is 0.0613 e. The highest BCUT2D eigenvalue weighted by atomic mass is 31.1. The Morgan fingerprint density at radius 2 is 1.64 bits per heavy atom. The molecule has 5 unspecified atom stereocenters. The number of rotatable bonds is 6. The van der Waals surface area contributed by atoms with Crippen LogP contribution in [0.25, 0.3) is 0 Å². The molecular formula is C25H49O2P. The van der Waals surface area contributed by atoms with E-state index in [-0.39, 0.29) is 20.1 Å². The van der Waals surface area contributed by atoms with E-state index in [0.717, 1.165) is 32.1 Å². The summed E-state index contributed by atoms with van der Waals surface area (Å²) in [5.41, 5.74) is 1.93. The molecule has 5 atom stereocenters. The Morgan fingerprint density at radius 1 is 1.07 bits per heavy atom. The van der Waals surface area contributed by atoms with Gasteiger partial charge in [0, 0.05) is 5.66 Å². The summed E-state index contributed by atoms with van der Waals surface area (Å²) in [5.74, 6) is 0.477. The third kappa shape index (κ3) is 10.4. The van der Waals surface area contributed by atoms with Crippen molar-refractivity contribution >= 4 is 13.2 Å². The van der Waals surface area contributed by atoms with Gasteiger partial charge in [-0.1, -0.05) is 100 Å². The molecule has 2 N–H and O–H groups in total. The summed E-state index contributed by atoms with van der Waals surface area (Å²) in [7, 11) is -0.114. The van der Waals surface area contributed by atoms with Gasteiger partial charge >= 0.3 is 0 Å². The molecule has 1 aromatic carbocycles. The Bertz CT molecular complexity index is 464. The van der Waals surface area contributed by atoms with Crippen LogP contribution in [0.2, 0.25) is 0 Å². The Hall–Kier alpha value is -0.430. The van der Waals surface area contributed by atoms with E-state index in [1.165, 1.54) is 17.0 Å². The van der Waals surface area contributed by atoms with Gasteiger partial charge < -0.3 is 10.2 Å². The second kappa shape index (κ2) is 18.6. The molecule has 0 aromatic heterocycles. The molecule has 1 aliphatic rings. The number of aryl methyl sites for hydroxylation is 1. The molecule has 0 aliphatic carbocycles. The Labute approximate surface area is 177 Å². The van der Waals surface area contributed by atoms with E-state index in [0.29, 0.717) is 11.6 Å². The van der Waals surface area contributed by atoms with Crippen LogP contribution in [0.1, 0.15) is 93.1 Å². The highest BCUT2D eigenvalue weighted by molar-refractivity contribution is 7.66. The molecule has 1 heterocycles. The van der Waals surface area contributed by atoms with E-state index in [2.05, 4.69) is 58.9 Å². The van der Waals surface area contributed by atoms with Crippen molar-refractivity contribution < 1.29 is 10.2 Å². The van der Waals surface area contributed by atoms with Gasteiger partial charge in [-0.3, -0.25) is 0 Å². The first-order chi connectivity index (χ1) is 13.5. The quantitative estimate of drug-likeness (QED) is 0.499. The smallest absolute Gasteiger partial charge is 0.0613 e.